The highest BCUT2D eigenvalue weighted by Crippen LogP contribution is 2.34. The normalized spacial score (nSPS) is 16.5. The monoisotopic (exact) mass is 329 g/mol. The summed E-state index contributed by atoms with van der Waals surface area (Å²) in [6, 6.07) is 3.41. The summed E-state index contributed by atoms with van der Waals surface area (Å²) in [6.07, 6.45) is 4.50. The second kappa shape index (κ2) is 6.71. The van der Waals surface area contributed by atoms with Crippen molar-refractivity contribution in [1.82, 2.24) is 10.1 Å². The fraction of sp³-hybridized carbons (Fsp3) is 0.467. The second-order valence-electron chi connectivity index (χ2n) is 5.61. The molecule has 0 unspecified atom stereocenters. The van der Waals surface area contributed by atoms with Crippen molar-refractivity contribution in [2.75, 3.05) is 0 Å². The smallest absolute Gasteiger partial charge is 0.227 e. The topological polar surface area (TPSA) is 64.9 Å². The van der Waals surface area contributed by atoms with Crippen molar-refractivity contribution in [3.63, 3.8) is 0 Å². The van der Waals surface area contributed by atoms with Gasteiger partial charge in [0.05, 0.1) is 5.54 Å². The predicted octanol–water partition coefficient (Wildman–Crippen LogP) is 3.28. The van der Waals surface area contributed by atoms with E-state index in [1.165, 1.54) is 6.07 Å². The van der Waals surface area contributed by atoms with Gasteiger partial charge in [-0.1, -0.05) is 18.0 Å². The summed E-state index contributed by atoms with van der Waals surface area (Å²) in [5.74, 6) is 0.0480. The molecule has 1 aromatic carbocycles. The first-order valence-electron chi connectivity index (χ1n) is 7.13. The third kappa shape index (κ3) is 3.44. The van der Waals surface area contributed by atoms with Gasteiger partial charge in [-0.2, -0.15) is 4.98 Å². The van der Waals surface area contributed by atoms with Crippen LogP contribution in [0.5, 0.6) is 0 Å². The molecule has 0 spiro atoms. The first-order chi connectivity index (χ1) is 10.1. The number of aryl methyl sites for hydroxylation is 2. The molecule has 0 amide bonds. The summed E-state index contributed by atoms with van der Waals surface area (Å²) < 4.78 is 31.8. The Hall–Kier alpha value is -1.53. The molecule has 22 heavy (non-hydrogen) atoms. The number of halogens is 3. The number of nitrogens with zero attached hydrogens (tertiary/aromatic N) is 2. The lowest BCUT2D eigenvalue weighted by Crippen LogP contribution is -2.34. The standard InChI is InChI=1S/C15H17F2N3O.ClH/c16-11-4-5-12(17)10(9-11)3-6-13-19-14(20-21-13)15(18)7-1-2-8-15;/h4-5,9H,1-3,6-8,18H2;1H. The number of nitrogens with two attached hydrogens (primary N) is 1. The molecule has 0 saturated heterocycles. The highest BCUT2D eigenvalue weighted by atomic mass is 35.5. The molecule has 1 saturated carbocycles. The van der Waals surface area contributed by atoms with Gasteiger partial charge in [-0.05, 0) is 43.0 Å². The summed E-state index contributed by atoms with van der Waals surface area (Å²) in [6.45, 7) is 0. The first kappa shape index (κ1) is 16.8. The maximum atomic E-state index is 13.5. The predicted molar refractivity (Wildman–Crippen MR) is 79.6 cm³/mol. The van der Waals surface area contributed by atoms with Crippen LogP contribution >= 0.6 is 12.4 Å². The molecule has 1 fully saturated rings. The lowest BCUT2D eigenvalue weighted by molar-refractivity contribution is 0.348. The first-order valence-corrected chi connectivity index (χ1v) is 7.13. The molecular formula is C15H18ClF2N3O. The zero-order valence-corrected chi connectivity index (χ0v) is 12.8. The van der Waals surface area contributed by atoms with Crippen LogP contribution in [0, 0.1) is 11.6 Å². The quantitative estimate of drug-likeness (QED) is 0.934. The zero-order valence-electron chi connectivity index (χ0n) is 12.0. The van der Waals surface area contributed by atoms with Gasteiger partial charge in [0.25, 0.3) is 0 Å². The third-order valence-electron chi connectivity index (χ3n) is 4.03. The van der Waals surface area contributed by atoms with E-state index in [0.29, 0.717) is 30.1 Å². The van der Waals surface area contributed by atoms with Crippen LogP contribution in [0.3, 0.4) is 0 Å². The average molecular weight is 330 g/mol. The Bertz CT molecular complexity index is 641. The SMILES string of the molecule is Cl.NC1(c2noc(CCc3cc(F)ccc3F)n2)CCCC1. The van der Waals surface area contributed by atoms with E-state index in [2.05, 4.69) is 10.1 Å². The van der Waals surface area contributed by atoms with Crippen LogP contribution in [0.15, 0.2) is 22.7 Å². The minimum absolute atomic E-state index is 0. The Morgan fingerprint density at radius 2 is 1.91 bits per heavy atom. The molecule has 7 heteroatoms. The van der Waals surface area contributed by atoms with Gasteiger partial charge < -0.3 is 10.3 Å². The molecule has 2 N–H and O–H groups in total. The summed E-state index contributed by atoms with van der Waals surface area (Å²) >= 11 is 0. The molecule has 3 rings (SSSR count). The van der Waals surface area contributed by atoms with Gasteiger partial charge in [-0.15, -0.1) is 12.4 Å². The van der Waals surface area contributed by atoms with Gasteiger partial charge in [0.1, 0.15) is 11.6 Å². The van der Waals surface area contributed by atoms with Crippen LogP contribution in [0.4, 0.5) is 8.78 Å². The van der Waals surface area contributed by atoms with Crippen molar-refractivity contribution in [3.8, 4) is 0 Å². The number of aromatic nitrogens is 2. The molecule has 1 aromatic heterocycles. The van der Waals surface area contributed by atoms with Crippen molar-refractivity contribution in [3.05, 3.63) is 47.1 Å². The summed E-state index contributed by atoms with van der Waals surface area (Å²) in [5, 5.41) is 3.94. The van der Waals surface area contributed by atoms with Crippen LogP contribution in [0.25, 0.3) is 0 Å². The van der Waals surface area contributed by atoms with Crippen molar-refractivity contribution >= 4 is 12.4 Å². The number of benzene rings is 1. The van der Waals surface area contributed by atoms with Crippen LogP contribution < -0.4 is 5.73 Å². The molecule has 0 bridgehead atoms. The average Bonchev–Trinajstić information content (AvgIpc) is 3.10. The van der Waals surface area contributed by atoms with E-state index in [4.69, 9.17) is 10.3 Å². The van der Waals surface area contributed by atoms with Crippen molar-refractivity contribution in [2.24, 2.45) is 5.73 Å². The molecule has 0 atom stereocenters. The number of rotatable bonds is 4. The summed E-state index contributed by atoms with van der Waals surface area (Å²) in [7, 11) is 0. The highest BCUT2D eigenvalue weighted by molar-refractivity contribution is 5.85. The molecule has 4 nitrogen and oxygen atoms in total. The molecule has 0 radical (unpaired) electrons. The van der Waals surface area contributed by atoms with E-state index in [9.17, 15) is 8.78 Å². The second-order valence-corrected chi connectivity index (χ2v) is 5.61. The van der Waals surface area contributed by atoms with Gasteiger partial charge in [-0.25, -0.2) is 8.78 Å². The fourth-order valence-corrected chi connectivity index (χ4v) is 2.76. The molecule has 1 aliphatic carbocycles. The Kier molecular flexibility index (Phi) is 5.13. The molecule has 2 aromatic rings. The zero-order chi connectivity index (χ0) is 14.9. The van der Waals surface area contributed by atoms with E-state index < -0.39 is 17.2 Å². The van der Waals surface area contributed by atoms with Crippen LogP contribution in [-0.4, -0.2) is 10.1 Å². The number of hydrogen-bond donors (Lipinski definition) is 1. The third-order valence-corrected chi connectivity index (χ3v) is 4.03. The minimum atomic E-state index is -0.494. The molecular weight excluding hydrogens is 312 g/mol. The van der Waals surface area contributed by atoms with Crippen LogP contribution in [0.1, 0.15) is 43.0 Å². The summed E-state index contributed by atoms with van der Waals surface area (Å²) in [4.78, 5) is 4.31. The van der Waals surface area contributed by atoms with E-state index >= 15 is 0 Å². The minimum Gasteiger partial charge on any atom is -0.339 e. The maximum absolute atomic E-state index is 13.5. The summed E-state index contributed by atoms with van der Waals surface area (Å²) in [5.41, 5.74) is 6.06. The van der Waals surface area contributed by atoms with E-state index in [1.54, 1.807) is 0 Å². The molecule has 120 valence electrons. The van der Waals surface area contributed by atoms with E-state index in [1.807, 2.05) is 0 Å². The van der Waals surface area contributed by atoms with E-state index in [0.717, 1.165) is 37.8 Å². The maximum Gasteiger partial charge on any atom is 0.227 e. The molecule has 1 aliphatic rings. The van der Waals surface area contributed by atoms with Crippen molar-refractivity contribution < 1.29 is 13.3 Å². The van der Waals surface area contributed by atoms with Gasteiger partial charge in [0.15, 0.2) is 5.82 Å². The van der Waals surface area contributed by atoms with Gasteiger partial charge in [-0.3, -0.25) is 0 Å². The fourth-order valence-electron chi connectivity index (χ4n) is 2.76. The Balaban J connectivity index is 0.00000176. The van der Waals surface area contributed by atoms with Crippen LogP contribution in [0.2, 0.25) is 0 Å². The van der Waals surface area contributed by atoms with Gasteiger partial charge in [0, 0.05) is 6.42 Å². The van der Waals surface area contributed by atoms with Crippen LogP contribution in [-0.2, 0) is 18.4 Å². The molecule has 0 aliphatic heterocycles. The Morgan fingerprint density at radius 3 is 2.64 bits per heavy atom. The number of hydrogen-bond acceptors (Lipinski definition) is 4. The Labute approximate surface area is 133 Å². The largest absolute Gasteiger partial charge is 0.339 e. The lowest BCUT2D eigenvalue weighted by atomic mass is 9.99. The van der Waals surface area contributed by atoms with E-state index in [-0.39, 0.29) is 12.4 Å². The van der Waals surface area contributed by atoms with Gasteiger partial charge in [0.2, 0.25) is 5.89 Å². The Morgan fingerprint density at radius 1 is 1.18 bits per heavy atom. The van der Waals surface area contributed by atoms with Crippen molar-refractivity contribution in [1.29, 1.82) is 0 Å². The van der Waals surface area contributed by atoms with Crippen molar-refractivity contribution in [2.45, 2.75) is 44.1 Å². The molecule has 1 heterocycles. The van der Waals surface area contributed by atoms with Gasteiger partial charge >= 0.3 is 0 Å². The lowest BCUT2D eigenvalue weighted by Gasteiger charge is -2.17. The highest BCUT2D eigenvalue weighted by Gasteiger charge is 2.35.